The molecule has 1 aliphatic rings. The molecule has 11 heteroatoms. The number of benzene rings is 2. The zero-order valence-electron chi connectivity index (χ0n) is 17.9. The van der Waals surface area contributed by atoms with Gasteiger partial charge in [-0.15, -0.1) is 0 Å². The number of nitrogens with one attached hydrogen (secondary N) is 1. The van der Waals surface area contributed by atoms with Crippen LogP contribution in [0.1, 0.15) is 12.8 Å². The molecule has 3 rings (SSSR count). The standard InChI is InChI=1S/C22H24ClFN2O5S2/c1-32(28,29)15-5-12-25-21(27)22(24)10-13-26(14-11-22)33(30,31)20-9-8-18(23)16-19(20)17-6-3-2-4-7-17/h2-9,15-16H,10-14H2,1H3,(H,25,27)/b15-5+. The molecule has 2 aromatic carbocycles. The monoisotopic (exact) mass is 514 g/mol. The van der Waals surface area contributed by atoms with E-state index < -0.39 is 31.4 Å². The maximum atomic E-state index is 15.2. The van der Waals surface area contributed by atoms with Crippen molar-refractivity contribution in [3.05, 3.63) is 65.0 Å². The third-order valence-corrected chi connectivity index (χ3v) is 8.17. The Kier molecular flexibility index (Phi) is 7.62. The highest BCUT2D eigenvalue weighted by Gasteiger charge is 2.44. The SMILES string of the molecule is CS(=O)(=O)/C=C/CNC(=O)C1(F)CCN(S(=O)(=O)c2ccc(Cl)cc2-c2ccccc2)CC1. The lowest BCUT2D eigenvalue weighted by Gasteiger charge is -2.34. The van der Waals surface area contributed by atoms with Gasteiger partial charge in [-0.25, -0.2) is 21.2 Å². The van der Waals surface area contributed by atoms with E-state index in [0.29, 0.717) is 16.1 Å². The van der Waals surface area contributed by atoms with Crippen LogP contribution < -0.4 is 5.32 Å². The number of carbonyl (C=O) groups is 1. The van der Waals surface area contributed by atoms with E-state index in [1.54, 1.807) is 30.3 Å². The lowest BCUT2D eigenvalue weighted by atomic mass is 9.93. The molecule has 178 valence electrons. The molecule has 0 bridgehead atoms. The van der Waals surface area contributed by atoms with E-state index in [1.807, 2.05) is 6.07 Å². The van der Waals surface area contributed by atoms with Crippen LogP contribution in [0.3, 0.4) is 0 Å². The minimum absolute atomic E-state index is 0.0554. The van der Waals surface area contributed by atoms with E-state index in [-0.39, 0.29) is 37.4 Å². The Morgan fingerprint density at radius 3 is 2.36 bits per heavy atom. The Hall–Kier alpha value is -2.27. The molecular weight excluding hydrogens is 491 g/mol. The van der Waals surface area contributed by atoms with Crippen LogP contribution in [0.15, 0.2) is 64.9 Å². The van der Waals surface area contributed by atoms with Gasteiger partial charge in [-0.1, -0.05) is 48.0 Å². The Morgan fingerprint density at radius 1 is 1.12 bits per heavy atom. The number of carbonyl (C=O) groups excluding carboxylic acids is 1. The molecular formula is C22H24ClFN2O5S2. The number of alkyl halides is 1. The predicted octanol–water partition coefficient (Wildman–Crippen LogP) is 3.17. The molecule has 2 aromatic rings. The number of rotatable bonds is 7. The van der Waals surface area contributed by atoms with E-state index in [2.05, 4.69) is 5.32 Å². The minimum Gasteiger partial charge on any atom is -0.350 e. The van der Waals surface area contributed by atoms with Gasteiger partial charge in [0, 0.05) is 54.7 Å². The average molecular weight is 515 g/mol. The number of sulfone groups is 1. The summed E-state index contributed by atoms with van der Waals surface area (Å²) in [6.07, 6.45) is 1.58. The smallest absolute Gasteiger partial charge is 0.258 e. The first-order valence-electron chi connectivity index (χ1n) is 10.1. The van der Waals surface area contributed by atoms with E-state index in [0.717, 1.165) is 16.0 Å². The maximum Gasteiger partial charge on any atom is 0.258 e. The Morgan fingerprint density at radius 2 is 1.76 bits per heavy atom. The lowest BCUT2D eigenvalue weighted by molar-refractivity contribution is -0.135. The van der Waals surface area contributed by atoms with Crippen molar-refractivity contribution in [2.24, 2.45) is 0 Å². The number of halogens is 2. The molecule has 7 nitrogen and oxygen atoms in total. The van der Waals surface area contributed by atoms with Gasteiger partial charge in [0.1, 0.15) is 0 Å². The third-order valence-electron chi connectivity index (χ3n) is 5.29. The van der Waals surface area contributed by atoms with Crippen LogP contribution in [0.25, 0.3) is 11.1 Å². The minimum atomic E-state index is -3.97. The maximum absolute atomic E-state index is 15.2. The van der Waals surface area contributed by atoms with Crippen molar-refractivity contribution in [2.45, 2.75) is 23.4 Å². The van der Waals surface area contributed by atoms with Crippen molar-refractivity contribution >= 4 is 37.4 Å². The summed E-state index contributed by atoms with van der Waals surface area (Å²) < 4.78 is 65.3. The topological polar surface area (TPSA) is 101 Å². The fourth-order valence-electron chi connectivity index (χ4n) is 3.55. The molecule has 0 saturated carbocycles. The number of hydrogen-bond acceptors (Lipinski definition) is 5. The highest BCUT2D eigenvalue weighted by atomic mass is 35.5. The third kappa shape index (κ3) is 6.20. The second-order valence-electron chi connectivity index (χ2n) is 7.79. The van der Waals surface area contributed by atoms with Crippen LogP contribution in [-0.4, -0.2) is 58.6 Å². The van der Waals surface area contributed by atoms with Gasteiger partial charge in [0.2, 0.25) is 10.0 Å². The molecule has 1 aliphatic heterocycles. The molecule has 0 unspecified atom stereocenters. The molecule has 0 radical (unpaired) electrons. The molecule has 1 amide bonds. The second kappa shape index (κ2) is 9.92. The number of nitrogens with zero attached hydrogens (tertiary/aromatic N) is 1. The van der Waals surface area contributed by atoms with Gasteiger partial charge in [0.25, 0.3) is 5.91 Å². The number of piperidine rings is 1. The number of sulfonamides is 1. The normalized spacial score (nSPS) is 17.2. The van der Waals surface area contributed by atoms with Crippen molar-refractivity contribution in [3.63, 3.8) is 0 Å². The van der Waals surface area contributed by atoms with Gasteiger partial charge >= 0.3 is 0 Å². The van der Waals surface area contributed by atoms with Crippen LogP contribution in [0, 0.1) is 0 Å². The van der Waals surface area contributed by atoms with Crippen molar-refractivity contribution in [3.8, 4) is 11.1 Å². The summed E-state index contributed by atoms with van der Waals surface area (Å²) in [5, 5.41) is 3.65. The molecule has 0 atom stereocenters. The van der Waals surface area contributed by atoms with Gasteiger partial charge in [-0.2, -0.15) is 4.31 Å². The van der Waals surface area contributed by atoms with E-state index >= 15 is 4.39 Å². The van der Waals surface area contributed by atoms with Gasteiger partial charge in [-0.3, -0.25) is 4.79 Å². The van der Waals surface area contributed by atoms with Crippen molar-refractivity contribution in [1.82, 2.24) is 9.62 Å². The molecule has 0 spiro atoms. The first-order chi connectivity index (χ1) is 15.4. The van der Waals surface area contributed by atoms with Crippen LogP contribution in [-0.2, 0) is 24.7 Å². The summed E-state index contributed by atoms with van der Waals surface area (Å²) >= 11 is 6.11. The summed E-state index contributed by atoms with van der Waals surface area (Å²) in [5.74, 6) is -0.894. The quantitative estimate of drug-likeness (QED) is 0.611. The average Bonchev–Trinajstić information content (AvgIpc) is 2.76. The largest absolute Gasteiger partial charge is 0.350 e. The van der Waals surface area contributed by atoms with Crippen LogP contribution in [0.4, 0.5) is 4.39 Å². The van der Waals surface area contributed by atoms with Gasteiger partial charge in [-0.05, 0) is 23.8 Å². The van der Waals surface area contributed by atoms with Crippen LogP contribution in [0.5, 0.6) is 0 Å². The fraction of sp³-hybridized carbons (Fsp3) is 0.318. The second-order valence-corrected chi connectivity index (χ2v) is 12.1. The molecule has 0 aromatic heterocycles. The predicted molar refractivity (Wildman–Crippen MR) is 126 cm³/mol. The lowest BCUT2D eigenvalue weighted by Crippen LogP contribution is -2.52. The summed E-state index contributed by atoms with van der Waals surface area (Å²) in [6.45, 7) is -0.505. The summed E-state index contributed by atoms with van der Waals surface area (Å²) in [4.78, 5) is 12.4. The number of hydrogen-bond donors (Lipinski definition) is 1. The Labute approximate surface area is 198 Å². The molecule has 33 heavy (non-hydrogen) atoms. The molecule has 1 heterocycles. The van der Waals surface area contributed by atoms with Gasteiger partial charge in [0.15, 0.2) is 15.5 Å². The van der Waals surface area contributed by atoms with Crippen molar-refractivity contribution in [1.29, 1.82) is 0 Å². The highest BCUT2D eigenvalue weighted by molar-refractivity contribution is 7.93. The number of amides is 1. The van der Waals surface area contributed by atoms with Gasteiger partial charge < -0.3 is 5.32 Å². The van der Waals surface area contributed by atoms with Crippen LogP contribution >= 0.6 is 11.6 Å². The first kappa shape index (κ1) is 25.4. The van der Waals surface area contributed by atoms with E-state index in [9.17, 15) is 21.6 Å². The summed E-state index contributed by atoms with van der Waals surface area (Å²) in [7, 11) is -7.32. The Balaban J connectivity index is 1.74. The summed E-state index contributed by atoms with van der Waals surface area (Å²) in [5.41, 5.74) is -1.12. The zero-order valence-corrected chi connectivity index (χ0v) is 20.3. The van der Waals surface area contributed by atoms with E-state index in [1.165, 1.54) is 18.2 Å². The first-order valence-corrected chi connectivity index (χ1v) is 13.9. The molecule has 1 fully saturated rings. The fourth-order valence-corrected chi connectivity index (χ4v) is 5.80. The van der Waals surface area contributed by atoms with Crippen molar-refractivity contribution < 1.29 is 26.0 Å². The van der Waals surface area contributed by atoms with Gasteiger partial charge in [0.05, 0.1) is 4.90 Å². The van der Waals surface area contributed by atoms with Crippen LogP contribution in [0.2, 0.25) is 5.02 Å². The molecule has 0 aliphatic carbocycles. The molecule has 1 N–H and O–H groups in total. The highest BCUT2D eigenvalue weighted by Crippen LogP contribution is 2.35. The van der Waals surface area contributed by atoms with Crippen molar-refractivity contribution in [2.75, 3.05) is 25.9 Å². The molecule has 1 saturated heterocycles. The van der Waals surface area contributed by atoms with E-state index in [4.69, 9.17) is 11.6 Å². The summed E-state index contributed by atoms with van der Waals surface area (Å²) in [6, 6.07) is 13.4. The zero-order chi connectivity index (χ0) is 24.3. The Bertz CT molecular complexity index is 1260.